The van der Waals surface area contributed by atoms with E-state index < -0.39 is 0 Å². The summed E-state index contributed by atoms with van der Waals surface area (Å²) < 4.78 is 0. The highest BCUT2D eigenvalue weighted by atomic mass is 14.6. The fraction of sp³-hybridized carbons (Fsp3) is 0.833. The normalized spacial score (nSPS) is 30.2. The summed E-state index contributed by atoms with van der Waals surface area (Å²) in [6.07, 6.45) is 5.38. The van der Waals surface area contributed by atoms with Gasteiger partial charge in [0.05, 0.1) is 0 Å². The fourth-order valence-electron chi connectivity index (χ4n) is 5.64. The van der Waals surface area contributed by atoms with Gasteiger partial charge in [0.2, 0.25) is 0 Å². The van der Waals surface area contributed by atoms with Crippen LogP contribution in [0, 0.1) is 34.5 Å². The van der Waals surface area contributed by atoms with Crippen LogP contribution in [0.1, 0.15) is 94.9 Å². The summed E-state index contributed by atoms with van der Waals surface area (Å²) >= 11 is 0. The van der Waals surface area contributed by atoms with Crippen molar-refractivity contribution in [3.63, 3.8) is 0 Å². The Morgan fingerprint density at radius 2 is 1.54 bits per heavy atom. The van der Waals surface area contributed by atoms with Crippen LogP contribution in [0.2, 0.25) is 0 Å². The van der Waals surface area contributed by atoms with Crippen molar-refractivity contribution in [2.45, 2.75) is 94.9 Å². The van der Waals surface area contributed by atoms with E-state index in [4.69, 9.17) is 0 Å². The Bertz CT molecular complexity index is 534. The average Bonchev–Trinajstić information content (AvgIpc) is 3.39. The molecule has 2 rings (SSSR count). The lowest BCUT2D eigenvalue weighted by atomic mass is 9.71. The van der Waals surface area contributed by atoms with Gasteiger partial charge in [-0.1, -0.05) is 63.8 Å². The van der Waals surface area contributed by atoms with E-state index in [1.165, 1.54) is 25.7 Å². The minimum absolute atomic E-state index is 0.473. The van der Waals surface area contributed by atoms with E-state index in [1.807, 2.05) is 5.57 Å². The molecular formula is C24H42. The zero-order valence-electron chi connectivity index (χ0n) is 18.1. The molecule has 24 heavy (non-hydrogen) atoms. The SMILES string of the molecule is CCC(C)=C(C)C(C)C1(C(=C(C)C)C(C)CC2C(C)C2(C)C)CC1. The van der Waals surface area contributed by atoms with Gasteiger partial charge >= 0.3 is 0 Å². The molecule has 0 aromatic carbocycles. The van der Waals surface area contributed by atoms with Gasteiger partial charge in [-0.25, -0.2) is 0 Å². The van der Waals surface area contributed by atoms with E-state index in [9.17, 15) is 0 Å². The molecule has 0 bridgehead atoms. The third-order valence-electron chi connectivity index (χ3n) is 8.27. The average molecular weight is 331 g/mol. The molecule has 0 saturated heterocycles. The van der Waals surface area contributed by atoms with Crippen molar-refractivity contribution >= 4 is 0 Å². The van der Waals surface area contributed by atoms with Crippen LogP contribution in [0.3, 0.4) is 0 Å². The molecule has 0 amide bonds. The minimum atomic E-state index is 0.473. The lowest BCUT2D eigenvalue weighted by Gasteiger charge is -2.34. The molecule has 0 radical (unpaired) electrons. The van der Waals surface area contributed by atoms with Crippen molar-refractivity contribution in [3.8, 4) is 0 Å². The zero-order chi connectivity index (χ0) is 18.4. The predicted octanol–water partition coefficient (Wildman–Crippen LogP) is 7.80. The van der Waals surface area contributed by atoms with Gasteiger partial charge in [0.25, 0.3) is 0 Å². The Morgan fingerprint density at radius 3 is 1.88 bits per heavy atom. The van der Waals surface area contributed by atoms with E-state index in [0.717, 1.165) is 17.8 Å². The lowest BCUT2D eigenvalue weighted by molar-refractivity contribution is 0.367. The second kappa shape index (κ2) is 6.65. The molecule has 2 aliphatic rings. The molecule has 0 nitrogen and oxygen atoms in total. The maximum atomic E-state index is 2.52. The summed E-state index contributed by atoms with van der Waals surface area (Å²) in [6, 6.07) is 0. The van der Waals surface area contributed by atoms with Crippen molar-refractivity contribution < 1.29 is 0 Å². The van der Waals surface area contributed by atoms with Crippen LogP contribution >= 0.6 is 0 Å². The molecule has 0 N–H and O–H groups in total. The Balaban J connectivity index is 2.24. The van der Waals surface area contributed by atoms with Gasteiger partial charge < -0.3 is 0 Å². The Labute approximate surface area is 152 Å². The molecule has 0 aromatic rings. The Hall–Kier alpha value is -0.520. The van der Waals surface area contributed by atoms with Crippen molar-refractivity contribution in [1.29, 1.82) is 0 Å². The summed E-state index contributed by atoms with van der Waals surface area (Å²) in [7, 11) is 0. The Kier molecular flexibility index (Phi) is 5.49. The first kappa shape index (κ1) is 19.8. The summed E-state index contributed by atoms with van der Waals surface area (Å²) in [5, 5.41) is 0. The largest absolute Gasteiger partial charge is 0.0764 e. The van der Waals surface area contributed by atoms with E-state index in [0.29, 0.717) is 16.7 Å². The molecule has 2 aliphatic carbocycles. The van der Waals surface area contributed by atoms with E-state index in [1.54, 1.807) is 16.7 Å². The van der Waals surface area contributed by atoms with Gasteiger partial charge in [0, 0.05) is 0 Å². The third kappa shape index (κ3) is 3.27. The predicted molar refractivity (Wildman–Crippen MR) is 108 cm³/mol. The van der Waals surface area contributed by atoms with E-state index in [2.05, 4.69) is 69.2 Å². The second-order valence-electron chi connectivity index (χ2n) is 9.96. The quantitative estimate of drug-likeness (QED) is 0.418. The molecule has 0 heterocycles. The number of hydrogen-bond acceptors (Lipinski definition) is 0. The highest BCUT2D eigenvalue weighted by molar-refractivity contribution is 5.34. The summed E-state index contributed by atoms with van der Waals surface area (Å²) in [6.45, 7) is 24.2. The standard InChI is InChI=1S/C24H42/c1-11-16(4)18(6)19(7)24(12-13-24)22(15(2)3)17(5)14-21-20(8)23(21,9)10/h17,19-21H,11-14H2,1-10H3. The van der Waals surface area contributed by atoms with Crippen LogP contribution in [0.5, 0.6) is 0 Å². The first-order valence-corrected chi connectivity index (χ1v) is 10.3. The molecule has 2 fully saturated rings. The molecule has 4 atom stereocenters. The van der Waals surface area contributed by atoms with Gasteiger partial charge in [0.1, 0.15) is 0 Å². The van der Waals surface area contributed by atoms with E-state index in [-0.39, 0.29) is 0 Å². The molecular weight excluding hydrogens is 288 g/mol. The van der Waals surface area contributed by atoms with Crippen LogP contribution in [0.4, 0.5) is 0 Å². The maximum Gasteiger partial charge on any atom is -0.00196 e. The second-order valence-corrected chi connectivity index (χ2v) is 9.96. The lowest BCUT2D eigenvalue weighted by Crippen LogP contribution is -2.23. The van der Waals surface area contributed by atoms with Gasteiger partial charge in [0.15, 0.2) is 0 Å². The van der Waals surface area contributed by atoms with Crippen LogP contribution in [-0.2, 0) is 0 Å². The van der Waals surface area contributed by atoms with Crippen molar-refractivity contribution in [1.82, 2.24) is 0 Å². The monoisotopic (exact) mass is 330 g/mol. The number of rotatable bonds is 7. The third-order valence-corrected chi connectivity index (χ3v) is 8.27. The van der Waals surface area contributed by atoms with Crippen LogP contribution < -0.4 is 0 Å². The molecule has 0 aromatic heterocycles. The maximum absolute atomic E-state index is 2.52. The van der Waals surface area contributed by atoms with Crippen molar-refractivity contribution in [2.24, 2.45) is 34.5 Å². The van der Waals surface area contributed by atoms with Crippen molar-refractivity contribution in [2.75, 3.05) is 0 Å². The van der Waals surface area contributed by atoms with Crippen molar-refractivity contribution in [3.05, 3.63) is 22.3 Å². The van der Waals surface area contributed by atoms with Gasteiger partial charge in [-0.15, -0.1) is 0 Å². The summed E-state index contributed by atoms with van der Waals surface area (Å²) in [5.41, 5.74) is 7.71. The number of hydrogen-bond donors (Lipinski definition) is 0. The smallest absolute Gasteiger partial charge is 0.00196 e. The summed E-state index contributed by atoms with van der Waals surface area (Å²) in [5.74, 6) is 3.26. The van der Waals surface area contributed by atoms with Crippen LogP contribution in [-0.4, -0.2) is 0 Å². The molecule has 4 unspecified atom stereocenters. The van der Waals surface area contributed by atoms with Gasteiger partial charge in [-0.3, -0.25) is 0 Å². The molecule has 2 saturated carbocycles. The first-order chi connectivity index (χ1) is 11.0. The minimum Gasteiger partial charge on any atom is -0.0764 e. The Morgan fingerprint density at radius 1 is 1.04 bits per heavy atom. The highest BCUT2D eigenvalue weighted by Crippen LogP contribution is 2.65. The van der Waals surface area contributed by atoms with Gasteiger partial charge in [-0.05, 0) is 87.9 Å². The molecule has 0 spiro atoms. The van der Waals surface area contributed by atoms with E-state index >= 15 is 0 Å². The summed E-state index contributed by atoms with van der Waals surface area (Å²) in [4.78, 5) is 0. The zero-order valence-corrected chi connectivity index (χ0v) is 18.1. The molecule has 0 heteroatoms. The molecule has 138 valence electrons. The molecule has 0 aliphatic heterocycles. The highest BCUT2D eigenvalue weighted by Gasteiger charge is 2.57. The van der Waals surface area contributed by atoms with Crippen LogP contribution in [0.15, 0.2) is 22.3 Å². The first-order valence-electron chi connectivity index (χ1n) is 10.3. The van der Waals surface area contributed by atoms with Crippen LogP contribution in [0.25, 0.3) is 0 Å². The van der Waals surface area contributed by atoms with Gasteiger partial charge in [-0.2, -0.15) is 0 Å². The number of allylic oxidation sites excluding steroid dienone is 4. The topological polar surface area (TPSA) is 0 Å². The fourth-order valence-corrected chi connectivity index (χ4v) is 5.64.